The molecule has 11 heteroatoms. The lowest BCUT2D eigenvalue weighted by molar-refractivity contribution is -0.295. The topological polar surface area (TPSA) is 140 Å². The molecule has 0 aromatic carbocycles. The summed E-state index contributed by atoms with van der Waals surface area (Å²) in [7, 11) is -1.69. The van der Waals surface area contributed by atoms with Crippen LogP contribution in [-0.2, 0) is 33.6 Å². The van der Waals surface area contributed by atoms with Crippen LogP contribution in [-0.4, -0.2) is 61.2 Å². The van der Waals surface area contributed by atoms with Crippen LogP contribution in [0.3, 0.4) is 0 Å². The smallest absolute Gasteiger partial charge is 0.397 e. The highest BCUT2D eigenvalue weighted by Gasteiger charge is 2.40. The lowest BCUT2D eigenvalue weighted by Gasteiger charge is -2.38. The molecule has 0 aliphatic heterocycles. The molecule has 2 N–H and O–H groups in total. The summed E-state index contributed by atoms with van der Waals surface area (Å²) in [5, 5.41) is 10.2. The first-order valence-corrected chi connectivity index (χ1v) is 23.1. The third-order valence-electron chi connectivity index (χ3n) is 9.99. The van der Waals surface area contributed by atoms with Gasteiger partial charge < -0.3 is 14.6 Å². The first kappa shape index (κ1) is 53.8. The van der Waals surface area contributed by atoms with Gasteiger partial charge in [-0.1, -0.05) is 194 Å². The van der Waals surface area contributed by atoms with Crippen molar-refractivity contribution < 1.29 is 41.3 Å². The number of aliphatic hydroxyl groups is 1. The Balaban J connectivity index is 0. The zero-order valence-corrected chi connectivity index (χ0v) is 36.1. The van der Waals surface area contributed by atoms with Crippen molar-refractivity contribution in [2.75, 3.05) is 14.2 Å². The third kappa shape index (κ3) is 38.8. The number of ether oxygens (including phenoxy) is 2. The van der Waals surface area contributed by atoms with Gasteiger partial charge >= 0.3 is 28.2 Å². The minimum Gasteiger partial charge on any atom is -0.408 e. The number of hydrogen-bond donors (Lipinski definition) is 2. The van der Waals surface area contributed by atoms with Crippen LogP contribution in [0.2, 0.25) is 0 Å². The van der Waals surface area contributed by atoms with E-state index >= 15 is 0 Å². The van der Waals surface area contributed by atoms with Crippen molar-refractivity contribution in [3.63, 3.8) is 0 Å². The lowest BCUT2D eigenvalue weighted by atomic mass is 10.0. The Morgan fingerprint density at radius 1 is 0.547 bits per heavy atom. The Kier molecular flexibility index (Phi) is 38.2. The molecule has 0 spiro atoms. The molecular formula is C42H85NO9S. The van der Waals surface area contributed by atoms with Gasteiger partial charge in [-0.05, 0) is 26.8 Å². The molecule has 0 heterocycles. The molecule has 53 heavy (non-hydrogen) atoms. The highest BCUT2D eigenvalue weighted by Crippen LogP contribution is 2.23. The van der Waals surface area contributed by atoms with Crippen molar-refractivity contribution in [3.05, 3.63) is 0 Å². The fourth-order valence-electron chi connectivity index (χ4n) is 6.31. The maximum absolute atomic E-state index is 12.7. The van der Waals surface area contributed by atoms with E-state index in [1.54, 1.807) is 20.9 Å². The van der Waals surface area contributed by atoms with Gasteiger partial charge in [0.05, 0.1) is 7.11 Å². The summed E-state index contributed by atoms with van der Waals surface area (Å²) in [5.41, 5.74) is 0. The highest BCUT2D eigenvalue weighted by atomic mass is 32.3. The van der Waals surface area contributed by atoms with Gasteiger partial charge in [0.2, 0.25) is 0 Å². The van der Waals surface area contributed by atoms with Crippen LogP contribution < -0.4 is 0 Å². The van der Waals surface area contributed by atoms with Gasteiger partial charge in [-0.15, -0.1) is 0 Å². The van der Waals surface area contributed by atoms with Gasteiger partial charge in [-0.3, -0.25) is 18.3 Å². The normalized spacial score (nSPS) is 12.4. The number of aliphatic hydroxyl groups excluding tert-OH is 1. The Hall–Kier alpha value is -1.27. The summed E-state index contributed by atoms with van der Waals surface area (Å²) in [4.78, 5) is 26.8. The first-order chi connectivity index (χ1) is 25.3. The monoisotopic (exact) mass is 780 g/mol. The Bertz CT molecular complexity index is 882. The predicted molar refractivity (Wildman–Crippen MR) is 218 cm³/mol. The molecule has 0 bridgehead atoms. The second-order valence-electron chi connectivity index (χ2n) is 15.1. The van der Waals surface area contributed by atoms with E-state index in [0.29, 0.717) is 0 Å². The van der Waals surface area contributed by atoms with Crippen LogP contribution in [0, 0.1) is 0 Å². The Morgan fingerprint density at radius 2 is 0.755 bits per heavy atom. The molecule has 0 amide bonds. The van der Waals surface area contributed by atoms with Crippen molar-refractivity contribution in [1.82, 2.24) is 4.90 Å². The van der Waals surface area contributed by atoms with Crippen molar-refractivity contribution in [3.8, 4) is 0 Å². The maximum atomic E-state index is 12.7. The molecule has 0 radical (unpaired) electrons. The molecule has 0 rings (SSSR count). The van der Waals surface area contributed by atoms with E-state index in [1.807, 2.05) is 0 Å². The third-order valence-corrected chi connectivity index (χ3v) is 10.4. The van der Waals surface area contributed by atoms with Crippen LogP contribution in [0.15, 0.2) is 0 Å². The minimum atomic E-state index is -4.16. The number of unbranched alkanes of at least 4 members (excludes halogenated alkanes) is 28. The maximum Gasteiger partial charge on any atom is 0.397 e. The standard InChI is InChI=1S/C41H81NO5.CH4O4S/c1-6-8-10-12-14-16-18-20-22-24-26-28-30-32-34-36-39(44)46-41(4,42(5)38(3)43)47-40(45)37-35-33-31-29-27-25-23-21-19-17-15-13-11-9-7-2;1-5-6(2,3)4/h38,43H,6-37H2,1-5H3;1H3,(H,2,3,4). The average molecular weight is 780 g/mol. The van der Waals surface area contributed by atoms with Gasteiger partial charge in [-0.25, -0.2) is 4.90 Å². The van der Waals surface area contributed by atoms with Gasteiger partial charge in [0.25, 0.3) is 0 Å². The zero-order chi connectivity index (χ0) is 40.1. The summed E-state index contributed by atoms with van der Waals surface area (Å²) in [6.45, 7) is 7.66. The zero-order valence-electron chi connectivity index (χ0n) is 35.3. The second-order valence-corrected chi connectivity index (χ2v) is 16.3. The number of carbonyl (C=O) groups excluding carboxylic acids is 2. The van der Waals surface area contributed by atoms with E-state index in [2.05, 4.69) is 18.0 Å². The van der Waals surface area contributed by atoms with E-state index < -0.39 is 34.5 Å². The van der Waals surface area contributed by atoms with Crippen molar-refractivity contribution in [2.45, 2.75) is 245 Å². The predicted octanol–water partition coefficient (Wildman–Crippen LogP) is 12.0. The molecule has 0 saturated carbocycles. The molecule has 0 aromatic heterocycles. The Morgan fingerprint density at radius 3 is 0.943 bits per heavy atom. The van der Waals surface area contributed by atoms with Crippen LogP contribution in [0.4, 0.5) is 0 Å². The average Bonchev–Trinajstić information content (AvgIpc) is 3.11. The first-order valence-electron chi connectivity index (χ1n) is 21.7. The molecular weight excluding hydrogens is 695 g/mol. The molecule has 1 atom stereocenters. The quantitative estimate of drug-likeness (QED) is 0.0271. The van der Waals surface area contributed by atoms with Crippen LogP contribution in [0.1, 0.15) is 233 Å². The lowest BCUT2D eigenvalue weighted by Crippen LogP contribution is -2.54. The van der Waals surface area contributed by atoms with E-state index in [0.717, 1.165) is 45.6 Å². The Labute approximate surface area is 327 Å². The van der Waals surface area contributed by atoms with E-state index in [1.165, 1.54) is 159 Å². The number of hydrogen-bond acceptors (Lipinski definition) is 9. The number of nitrogens with zero attached hydrogens (tertiary/aromatic N) is 1. The SMILES string of the molecule is CCCCCCCCCCCCCCCCCC(=O)OC(C)(OC(=O)CCCCCCCCCCCCCCCCC)N(C)C(C)O.COS(=O)(=O)O. The molecule has 0 aliphatic rings. The van der Waals surface area contributed by atoms with Crippen LogP contribution in [0.5, 0.6) is 0 Å². The fraction of sp³-hybridized carbons (Fsp3) is 0.952. The fourth-order valence-corrected chi connectivity index (χ4v) is 6.31. The molecule has 0 aromatic rings. The van der Waals surface area contributed by atoms with E-state index in [-0.39, 0.29) is 12.8 Å². The van der Waals surface area contributed by atoms with Gasteiger partial charge in [0.15, 0.2) is 0 Å². The highest BCUT2D eigenvalue weighted by molar-refractivity contribution is 7.80. The van der Waals surface area contributed by atoms with E-state index in [9.17, 15) is 23.1 Å². The van der Waals surface area contributed by atoms with Gasteiger partial charge in [0, 0.05) is 19.8 Å². The van der Waals surface area contributed by atoms with Crippen molar-refractivity contribution >= 4 is 22.3 Å². The van der Waals surface area contributed by atoms with Gasteiger partial charge in [-0.2, -0.15) is 8.42 Å². The molecule has 0 aliphatic carbocycles. The minimum absolute atomic E-state index is 0.290. The van der Waals surface area contributed by atoms with Crippen molar-refractivity contribution in [1.29, 1.82) is 0 Å². The van der Waals surface area contributed by atoms with Crippen LogP contribution in [0.25, 0.3) is 0 Å². The second kappa shape index (κ2) is 37.6. The number of carbonyl (C=O) groups is 2. The van der Waals surface area contributed by atoms with Gasteiger partial charge in [0.1, 0.15) is 6.23 Å². The summed E-state index contributed by atoms with van der Waals surface area (Å²) in [6, 6.07) is 0. The molecule has 0 fully saturated rings. The number of rotatable bonds is 37. The molecule has 0 saturated heterocycles. The van der Waals surface area contributed by atoms with Crippen LogP contribution >= 0.6 is 0 Å². The molecule has 318 valence electrons. The summed E-state index contributed by atoms with van der Waals surface area (Å²) in [5.74, 6) is -2.41. The van der Waals surface area contributed by atoms with Crippen molar-refractivity contribution in [2.24, 2.45) is 0 Å². The summed E-state index contributed by atoms with van der Waals surface area (Å²) >= 11 is 0. The number of esters is 2. The summed E-state index contributed by atoms with van der Waals surface area (Å²) in [6.07, 6.45) is 37.8. The summed E-state index contributed by atoms with van der Waals surface area (Å²) < 4.78 is 41.0. The van der Waals surface area contributed by atoms with E-state index in [4.69, 9.17) is 14.0 Å². The molecule has 1 unspecified atom stereocenters. The molecule has 10 nitrogen and oxygen atoms in total. The largest absolute Gasteiger partial charge is 0.408 e.